The van der Waals surface area contributed by atoms with E-state index in [4.69, 9.17) is 4.74 Å². The molecule has 3 amide bonds. The lowest BCUT2D eigenvalue weighted by atomic mass is 10.1. The van der Waals surface area contributed by atoms with Crippen LogP contribution in [0.25, 0.3) is 6.08 Å². The van der Waals surface area contributed by atoms with Gasteiger partial charge in [-0.25, -0.2) is 0 Å². The molecule has 0 bridgehead atoms. The van der Waals surface area contributed by atoms with Crippen molar-refractivity contribution in [3.05, 3.63) is 71.8 Å². The Balaban J connectivity index is 1.48. The number of amides is 3. The molecule has 1 aliphatic heterocycles. The molecule has 2 aromatic rings. The fourth-order valence-electron chi connectivity index (χ4n) is 3.14. The Morgan fingerprint density at radius 1 is 1.10 bits per heavy atom. The van der Waals surface area contributed by atoms with Crippen molar-refractivity contribution in [3.8, 4) is 5.75 Å². The lowest BCUT2D eigenvalue weighted by Gasteiger charge is -2.16. The highest BCUT2D eigenvalue weighted by molar-refractivity contribution is 5.95. The first-order valence-electron chi connectivity index (χ1n) is 9.29. The van der Waals surface area contributed by atoms with Gasteiger partial charge in [0.25, 0.3) is 5.91 Å². The van der Waals surface area contributed by atoms with Crippen molar-refractivity contribution in [2.75, 3.05) is 13.7 Å². The maximum Gasteiger partial charge on any atom is 0.262 e. The molecule has 7 heteroatoms. The molecule has 1 fully saturated rings. The zero-order valence-electron chi connectivity index (χ0n) is 16.1. The van der Waals surface area contributed by atoms with Crippen molar-refractivity contribution in [1.29, 1.82) is 0 Å². The van der Waals surface area contributed by atoms with Gasteiger partial charge in [0, 0.05) is 31.1 Å². The number of nitrogens with zero attached hydrogens (tertiary/aromatic N) is 1. The summed E-state index contributed by atoms with van der Waals surface area (Å²) in [5, 5.41) is 0. The summed E-state index contributed by atoms with van der Waals surface area (Å²) in [6.07, 6.45) is 3.03. The van der Waals surface area contributed by atoms with Gasteiger partial charge in [0.05, 0.1) is 13.0 Å². The SMILES string of the molecule is COc1ccccc1/C=C/C(=O)NNC(=O)C1CC(=O)N(Cc2ccccc2)C1. The van der Waals surface area contributed by atoms with E-state index < -0.39 is 11.8 Å². The van der Waals surface area contributed by atoms with Crippen LogP contribution in [0.3, 0.4) is 0 Å². The van der Waals surface area contributed by atoms with E-state index >= 15 is 0 Å². The zero-order valence-corrected chi connectivity index (χ0v) is 16.1. The number of carbonyl (C=O) groups excluding carboxylic acids is 3. The minimum absolute atomic E-state index is 0.0728. The minimum Gasteiger partial charge on any atom is -0.496 e. The molecule has 0 aromatic heterocycles. The molecule has 29 heavy (non-hydrogen) atoms. The number of carbonyl (C=O) groups is 3. The molecule has 0 spiro atoms. The standard InChI is InChI=1S/C22H23N3O4/c1-29-19-10-6-5-9-17(19)11-12-20(26)23-24-22(28)18-13-21(27)25(15-18)14-16-7-3-2-4-8-16/h2-12,18H,13-15H2,1H3,(H,23,26)(H,24,28)/b12-11+. The summed E-state index contributed by atoms with van der Waals surface area (Å²) in [5.74, 6) is -0.785. The van der Waals surface area contributed by atoms with Crippen molar-refractivity contribution in [3.63, 3.8) is 0 Å². The Kier molecular flexibility index (Phi) is 6.63. The van der Waals surface area contributed by atoms with Crippen LogP contribution >= 0.6 is 0 Å². The van der Waals surface area contributed by atoms with Gasteiger partial charge in [0.15, 0.2) is 0 Å². The lowest BCUT2D eigenvalue weighted by Crippen LogP contribution is -2.44. The van der Waals surface area contributed by atoms with Gasteiger partial charge in [-0.05, 0) is 17.7 Å². The number of rotatable bonds is 6. The summed E-state index contributed by atoms with van der Waals surface area (Å²) in [5.41, 5.74) is 6.50. The van der Waals surface area contributed by atoms with Crippen LogP contribution in [0.4, 0.5) is 0 Å². The Hall–Kier alpha value is -3.61. The second-order valence-corrected chi connectivity index (χ2v) is 6.71. The van der Waals surface area contributed by atoms with Crippen molar-refractivity contribution in [1.82, 2.24) is 15.8 Å². The van der Waals surface area contributed by atoms with Gasteiger partial charge in [0.2, 0.25) is 11.8 Å². The Morgan fingerprint density at radius 3 is 2.59 bits per heavy atom. The van der Waals surface area contributed by atoms with Gasteiger partial charge < -0.3 is 9.64 Å². The van der Waals surface area contributed by atoms with E-state index in [2.05, 4.69) is 10.9 Å². The highest BCUT2D eigenvalue weighted by Gasteiger charge is 2.34. The van der Waals surface area contributed by atoms with E-state index in [1.165, 1.54) is 6.08 Å². The smallest absolute Gasteiger partial charge is 0.262 e. The quantitative estimate of drug-likeness (QED) is 0.580. The van der Waals surface area contributed by atoms with E-state index in [0.29, 0.717) is 18.8 Å². The van der Waals surface area contributed by atoms with Crippen molar-refractivity contribution in [2.24, 2.45) is 5.92 Å². The molecule has 1 heterocycles. The fourth-order valence-corrected chi connectivity index (χ4v) is 3.14. The van der Waals surface area contributed by atoms with Crippen LogP contribution < -0.4 is 15.6 Å². The molecule has 2 N–H and O–H groups in total. The van der Waals surface area contributed by atoms with Gasteiger partial charge in [0.1, 0.15) is 5.75 Å². The van der Waals surface area contributed by atoms with Crippen LogP contribution in [0, 0.1) is 5.92 Å². The third-order valence-corrected chi connectivity index (χ3v) is 4.66. The number of hydrazine groups is 1. The number of ether oxygens (including phenoxy) is 1. The largest absolute Gasteiger partial charge is 0.496 e. The summed E-state index contributed by atoms with van der Waals surface area (Å²) in [6, 6.07) is 16.9. The van der Waals surface area contributed by atoms with Crippen molar-refractivity contribution >= 4 is 23.8 Å². The molecule has 150 valence electrons. The number of hydrogen-bond acceptors (Lipinski definition) is 4. The molecule has 0 saturated carbocycles. The second-order valence-electron chi connectivity index (χ2n) is 6.71. The molecule has 1 unspecified atom stereocenters. The van der Waals surface area contributed by atoms with Gasteiger partial charge >= 0.3 is 0 Å². The molecule has 0 radical (unpaired) electrons. The number of benzene rings is 2. The molecule has 2 aromatic carbocycles. The number of nitrogens with one attached hydrogen (secondary N) is 2. The van der Waals surface area contributed by atoms with Gasteiger partial charge in [-0.1, -0.05) is 48.5 Å². The summed E-state index contributed by atoms with van der Waals surface area (Å²) in [6.45, 7) is 0.796. The molecule has 1 aliphatic rings. The highest BCUT2D eigenvalue weighted by atomic mass is 16.5. The molecule has 1 saturated heterocycles. The topological polar surface area (TPSA) is 87.7 Å². The molecular weight excluding hydrogens is 370 g/mol. The summed E-state index contributed by atoms with van der Waals surface area (Å²) >= 11 is 0. The minimum atomic E-state index is -0.496. The number of hydrogen-bond donors (Lipinski definition) is 2. The summed E-state index contributed by atoms with van der Waals surface area (Å²) in [4.78, 5) is 38.1. The molecule has 1 atom stereocenters. The van der Waals surface area contributed by atoms with E-state index in [9.17, 15) is 14.4 Å². The van der Waals surface area contributed by atoms with Crippen LogP contribution in [0.2, 0.25) is 0 Å². The summed E-state index contributed by atoms with van der Waals surface area (Å²) < 4.78 is 5.22. The van der Waals surface area contributed by atoms with Crippen LogP contribution in [0.15, 0.2) is 60.7 Å². The molecule has 0 aliphatic carbocycles. The van der Waals surface area contributed by atoms with Crippen LogP contribution in [-0.4, -0.2) is 36.3 Å². The Bertz CT molecular complexity index is 911. The van der Waals surface area contributed by atoms with Crippen LogP contribution in [0.1, 0.15) is 17.5 Å². The molecular formula is C22H23N3O4. The van der Waals surface area contributed by atoms with Crippen molar-refractivity contribution < 1.29 is 19.1 Å². The first-order chi connectivity index (χ1) is 14.1. The first-order valence-corrected chi connectivity index (χ1v) is 9.29. The maximum absolute atomic E-state index is 12.3. The number of likely N-dealkylation sites (tertiary alicyclic amines) is 1. The average Bonchev–Trinajstić information content (AvgIpc) is 3.11. The fraction of sp³-hybridized carbons (Fsp3) is 0.227. The van der Waals surface area contributed by atoms with Crippen molar-refractivity contribution in [2.45, 2.75) is 13.0 Å². The zero-order chi connectivity index (χ0) is 20.6. The monoisotopic (exact) mass is 393 g/mol. The summed E-state index contributed by atoms with van der Waals surface area (Å²) in [7, 11) is 1.55. The van der Waals surface area contributed by atoms with E-state index in [-0.39, 0.29) is 18.2 Å². The van der Waals surface area contributed by atoms with Gasteiger partial charge in [-0.3, -0.25) is 25.2 Å². The lowest BCUT2D eigenvalue weighted by molar-refractivity contribution is -0.130. The third-order valence-electron chi connectivity index (χ3n) is 4.66. The molecule has 7 nitrogen and oxygen atoms in total. The Morgan fingerprint density at radius 2 is 1.83 bits per heavy atom. The predicted octanol–water partition coefficient (Wildman–Crippen LogP) is 1.90. The first kappa shape index (κ1) is 20.1. The van der Waals surface area contributed by atoms with Gasteiger partial charge in [-0.15, -0.1) is 0 Å². The normalized spacial score (nSPS) is 16.1. The maximum atomic E-state index is 12.3. The highest BCUT2D eigenvalue weighted by Crippen LogP contribution is 2.20. The number of methoxy groups -OCH3 is 1. The van der Waals surface area contributed by atoms with E-state index in [0.717, 1.165) is 11.1 Å². The Labute approximate surface area is 169 Å². The molecule has 3 rings (SSSR count). The van der Waals surface area contributed by atoms with Crippen LogP contribution in [0.5, 0.6) is 5.75 Å². The van der Waals surface area contributed by atoms with Crippen LogP contribution in [-0.2, 0) is 20.9 Å². The average molecular weight is 393 g/mol. The van der Waals surface area contributed by atoms with Gasteiger partial charge in [-0.2, -0.15) is 0 Å². The third kappa shape index (κ3) is 5.44. The predicted molar refractivity (Wildman–Crippen MR) is 108 cm³/mol. The second kappa shape index (κ2) is 9.54. The number of para-hydroxylation sites is 1. The van der Waals surface area contributed by atoms with E-state index in [1.807, 2.05) is 48.5 Å². The van der Waals surface area contributed by atoms with E-state index in [1.54, 1.807) is 24.2 Å².